The van der Waals surface area contributed by atoms with Crippen LogP contribution in [0.2, 0.25) is 0 Å². The van der Waals surface area contributed by atoms with Gasteiger partial charge >= 0.3 is 0 Å². The molecule has 0 aliphatic carbocycles. The van der Waals surface area contributed by atoms with E-state index in [4.69, 9.17) is 0 Å². The number of piperazine rings is 1. The molecule has 1 saturated heterocycles. The maximum atomic E-state index is 12.1. The molecule has 1 aromatic rings. The second-order valence-corrected chi connectivity index (χ2v) is 6.54. The fourth-order valence-corrected chi connectivity index (χ4v) is 2.81. The molecular weight excluding hydrogens is 346 g/mol. The van der Waals surface area contributed by atoms with Crippen LogP contribution in [-0.4, -0.2) is 54.3 Å². The Labute approximate surface area is 139 Å². The monoisotopic (exact) mass is 367 g/mol. The van der Waals surface area contributed by atoms with Crippen molar-refractivity contribution in [3.8, 4) is 0 Å². The average molecular weight is 368 g/mol. The molecule has 1 N–H and O–H groups in total. The largest absolute Gasteiger partial charge is 0.348 e. The molecule has 1 atom stereocenters. The first-order valence-corrected chi connectivity index (χ1v) is 8.27. The Morgan fingerprint density at radius 1 is 1.18 bits per heavy atom. The summed E-state index contributed by atoms with van der Waals surface area (Å²) in [4.78, 5) is 27.3. The average Bonchev–Trinajstić information content (AvgIpc) is 2.48. The van der Waals surface area contributed by atoms with Crippen molar-refractivity contribution in [2.45, 2.75) is 19.9 Å². The van der Waals surface area contributed by atoms with E-state index in [2.05, 4.69) is 26.1 Å². The van der Waals surface area contributed by atoms with Crippen LogP contribution in [0.4, 0.5) is 0 Å². The summed E-state index contributed by atoms with van der Waals surface area (Å²) >= 11 is 3.40. The number of nitrogens with zero attached hydrogens (tertiary/aromatic N) is 2. The topological polar surface area (TPSA) is 52.7 Å². The molecule has 0 saturated carbocycles. The van der Waals surface area contributed by atoms with Gasteiger partial charge in [0.15, 0.2) is 0 Å². The van der Waals surface area contributed by atoms with Crippen LogP contribution in [0.25, 0.3) is 0 Å². The Kier molecular flexibility index (Phi) is 5.97. The number of hydrogen-bond acceptors (Lipinski definition) is 3. The van der Waals surface area contributed by atoms with Gasteiger partial charge in [0.2, 0.25) is 11.8 Å². The summed E-state index contributed by atoms with van der Waals surface area (Å²) < 4.78 is 1.03. The number of carbonyl (C=O) groups is 2. The quantitative estimate of drug-likeness (QED) is 0.882. The van der Waals surface area contributed by atoms with Crippen molar-refractivity contribution < 1.29 is 9.59 Å². The van der Waals surface area contributed by atoms with Crippen molar-refractivity contribution in [2.24, 2.45) is 0 Å². The lowest BCUT2D eigenvalue weighted by atomic mass is 10.1. The summed E-state index contributed by atoms with van der Waals surface area (Å²) in [5, 5.41) is 3.02. The van der Waals surface area contributed by atoms with Crippen LogP contribution in [0.1, 0.15) is 25.5 Å². The zero-order valence-electron chi connectivity index (χ0n) is 13.0. The zero-order valence-corrected chi connectivity index (χ0v) is 14.6. The standard InChI is InChI=1S/C16H22BrN3O2/c1-12(14-3-5-15(17)6-4-14)18-16(22)11-19-7-9-20(10-8-19)13(2)21/h3-6,12H,7-11H2,1-2H3,(H,18,22)/t12-/m1/s1. The third-order valence-electron chi connectivity index (χ3n) is 3.93. The molecule has 1 aliphatic rings. The van der Waals surface area contributed by atoms with Gasteiger partial charge in [-0.3, -0.25) is 14.5 Å². The van der Waals surface area contributed by atoms with Crippen LogP contribution in [-0.2, 0) is 9.59 Å². The van der Waals surface area contributed by atoms with Crippen LogP contribution in [0, 0.1) is 0 Å². The molecule has 0 aromatic heterocycles. The molecule has 0 bridgehead atoms. The molecule has 1 fully saturated rings. The highest BCUT2D eigenvalue weighted by atomic mass is 79.9. The number of nitrogens with one attached hydrogen (secondary N) is 1. The molecule has 2 amide bonds. The number of rotatable bonds is 4. The smallest absolute Gasteiger partial charge is 0.234 e. The molecule has 0 radical (unpaired) electrons. The Bertz CT molecular complexity index is 525. The third kappa shape index (κ3) is 4.81. The number of carbonyl (C=O) groups excluding carboxylic acids is 2. The fraction of sp³-hybridized carbons (Fsp3) is 0.500. The minimum Gasteiger partial charge on any atom is -0.348 e. The summed E-state index contributed by atoms with van der Waals surface area (Å²) in [7, 11) is 0. The van der Waals surface area contributed by atoms with Crippen molar-refractivity contribution >= 4 is 27.7 Å². The van der Waals surface area contributed by atoms with E-state index in [9.17, 15) is 9.59 Å². The minimum atomic E-state index is -0.0147. The van der Waals surface area contributed by atoms with Gasteiger partial charge in [-0.05, 0) is 24.6 Å². The Hall–Kier alpha value is -1.40. The Balaban J connectivity index is 1.78. The van der Waals surface area contributed by atoms with Crippen LogP contribution in [0.5, 0.6) is 0 Å². The predicted molar refractivity (Wildman–Crippen MR) is 89.4 cm³/mol. The second kappa shape index (κ2) is 7.74. The van der Waals surface area contributed by atoms with Gasteiger partial charge in [-0.15, -0.1) is 0 Å². The maximum Gasteiger partial charge on any atom is 0.234 e. The molecule has 22 heavy (non-hydrogen) atoms. The van der Waals surface area contributed by atoms with E-state index in [1.807, 2.05) is 36.1 Å². The molecule has 2 rings (SSSR count). The molecule has 1 aliphatic heterocycles. The number of halogens is 1. The normalized spacial score (nSPS) is 17.1. The van der Waals surface area contributed by atoms with E-state index in [0.717, 1.165) is 23.1 Å². The molecule has 1 aromatic carbocycles. The van der Waals surface area contributed by atoms with Gasteiger partial charge in [0.05, 0.1) is 12.6 Å². The lowest BCUT2D eigenvalue weighted by Gasteiger charge is -2.33. The highest BCUT2D eigenvalue weighted by Crippen LogP contribution is 2.16. The lowest BCUT2D eigenvalue weighted by Crippen LogP contribution is -2.50. The van der Waals surface area contributed by atoms with Gasteiger partial charge in [0.1, 0.15) is 0 Å². The number of benzene rings is 1. The summed E-state index contributed by atoms with van der Waals surface area (Å²) in [6.45, 7) is 6.85. The number of hydrogen-bond donors (Lipinski definition) is 1. The third-order valence-corrected chi connectivity index (χ3v) is 4.46. The highest BCUT2D eigenvalue weighted by Gasteiger charge is 2.20. The minimum absolute atomic E-state index is 0.0147. The van der Waals surface area contributed by atoms with Crippen LogP contribution >= 0.6 is 15.9 Å². The highest BCUT2D eigenvalue weighted by molar-refractivity contribution is 9.10. The summed E-state index contributed by atoms with van der Waals surface area (Å²) in [5.74, 6) is 0.125. The van der Waals surface area contributed by atoms with E-state index in [0.29, 0.717) is 19.6 Å². The maximum absolute atomic E-state index is 12.1. The Morgan fingerprint density at radius 3 is 2.32 bits per heavy atom. The fourth-order valence-electron chi connectivity index (χ4n) is 2.55. The van der Waals surface area contributed by atoms with Crippen molar-refractivity contribution in [3.63, 3.8) is 0 Å². The summed E-state index contributed by atoms with van der Waals surface area (Å²) in [6, 6.07) is 7.93. The van der Waals surface area contributed by atoms with Gasteiger partial charge in [-0.1, -0.05) is 28.1 Å². The van der Waals surface area contributed by atoms with E-state index >= 15 is 0 Å². The van der Waals surface area contributed by atoms with Crippen LogP contribution in [0.15, 0.2) is 28.7 Å². The van der Waals surface area contributed by atoms with Gasteiger partial charge in [-0.25, -0.2) is 0 Å². The molecule has 0 unspecified atom stereocenters. The molecule has 0 spiro atoms. The van der Waals surface area contributed by atoms with Gasteiger partial charge < -0.3 is 10.2 Å². The van der Waals surface area contributed by atoms with E-state index in [-0.39, 0.29) is 17.9 Å². The van der Waals surface area contributed by atoms with Gasteiger partial charge in [-0.2, -0.15) is 0 Å². The first kappa shape index (κ1) is 17.0. The first-order chi connectivity index (χ1) is 10.5. The Morgan fingerprint density at radius 2 is 1.77 bits per heavy atom. The SMILES string of the molecule is CC(=O)N1CCN(CC(=O)N[C@H](C)c2ccc(Br)cc2)CC1. The van der Waals surface area contributed by atoms with E-state index < -0.39 is 0 Å². The van der Waals surface area contributed by atoms with E-state index in [1.165, 1.54) is 0 Å². The zero-order chi connectivity index (χ0) is 16.1. The second-order valence-electron chi connectivity index (χ2n) is 5.62. The summed E-state index contributed by atoms with van der Waals surface area (Å²) in [5.41, 5.74) is 1.08. The molecular formula is C16H22BrN3O2. The first-order valence-electron chi connectivity index (χ1n) is 7.48. The van der Waals surface area contributed by atoms with E-state index in [1.54, 1.807) is 6.92 Å². The van der Waals surface area contributed by atoms with Gasteiger partial charge in [0, 0.05) is 37.6 Å². The van der Waals surface area contributed by atoms with Crippen molar-refractivity contribution in [1.82, 2.24) is 15.1 Å². The predicted octanol–water partition coefficient (Wildman–Crippen LogP) is 1.79. The molecule has 1 heterocycles. The molecule has 6 heteroatoms. The van der Waals surface area contributed by atoms with Crippen molar-refractivity contribution in [1.29, 1.82) is 0 Å². The summed E-state index contributed by atoms with van der Waals surface area (Å²) in [6.07, 6.45) is 0. The van der Waals surface area contributed by atoms with Gasteiger partial charge in [0.25, 0.3) is 0 Å². The molecule has 120 valence electrons. The molecule has 5 nitrogen and oxygen atoms in total. The van der Waals surface area contributed by atoms with Crippen LogP contribution < -0.4 is 5.32 Å². The number of amides is 2. The van der Waals surface area contributed by atoms with Crippen molar-refractivity contribution in [2.75, 3.05) is 32.7 Å². The van der Waals surface area contributed by atoms with Crippen molar-refractivity contribution in [3.05, 3.63) is 34.3 Å². The lowest BCUT2D eigenvalue weighted by molar-refractivity contribution is -0.131. The van der Waals surface area contributed by atoms with Crippen LogP contribution in [0.3, 0.4) is 0 Å².